The third-order valence-electron chi connectivity index (χ3n) is 6.12. The lowest BCUT2D eigenvalue weighted by Gasteiger charge is -2.12. The molecule has 0 heterocycles. The zero-order valence-electron chi connectivity index (χ0n) is 23.6. The molecule has 4 aromatic rings. The highest BCUT2D eigenvalue weighted by Crippen LogP contribution is 2.22. The second kappa shape index (κ2) is 15.9. The van der Waals surface area contributed by atoms with E-state index in [-0.39, 0.29) is 22.9 Å². The summed E-state index contributed by atoms with van der Waals surface area (Å²) in [5.74, 6) is -0.837. The third-order valence-corrected chi connectivity index (χ3v) is 7.13. The number of nitrogens with one attached hydrogen (secondary N) is 3. The van der Waals surface area contributed by atoms with Crippen LogP contribution in [0.3, 0.4) is 0 Å². The quantitative estimate of drug-likeness (QED) is 0.0865. The van der Waals surface area contributed by atoms with Crippen molar-refractivity contribution in [2.75, 3.05) is 23.0 Å². The van der Waals surface area contributed by atoms with Crippen LogP contribution in [-0.4, -0.2) is 30.1 Å². The third kappa shape index (κ3) is 9.86. The highest BCUT2D eigenvalue weighted by molar-refractivity contribution is 8.00. The lowest BCUT2D eigenvalue weighted by atomic mass is 10.1. The Labute approximate surface area is 254 Å². The Morgan fingerprint density at radius 3 is 2.16 bits per heavy atom. The number of benzene rings is 4. The van der Waals surface area contributed by atoms with E-state index in [1.54, 1.807) is 78.9 Å². The molecule has 0 aliphatic carbocycles. The van der Waals surface area contributed by atoms with Crippen LogP contribution in [0.1, 0.15) is 35.7 Å². The molecule has 0 radical (unpaired) electrons. The maximum atomic E-state index is 14.3. The first-order valence-corrected chi connectivity index (χ1v) is 14.8. The molecule has 0 bridgehead atoms. The average Bonchev–Trinajstić information content (AvgIpc) is 3.02. The van der Waals surface area contributed by atoms with Gasteiger partial charge in [0.15, 0.2) is 0 Å². The van der Waals surface area contributed by atoms with Crippen LogP contribution in [-0.2, 0) is 9.59 Å². The Kier molecular flexibility index (Phi) is 11.5. The molecule has 0 saturated carbocycles. The van der Waals surface area contributed by atoms with Crippen LogP contribution in [0.15, 0.2) is 114 Å². The molecule has 0 aliphatic rings. The molecule has 0 aliphatic heterocycles. The van der Waals surface area contributed by atoms with Crippen molar-refractivity contribution in [2.24, 2.45) is 0 Å². The number of carbonyl (C=O) groups is 3. The van der Waals surface area contributed by atoms with Crippen molar-refractivity contribution in [3.05, 3.63) is 126 Å². The van der Waals surface area contributed by atoms with Gasteiger partial charge in [-0.1, -0.05) is 49.7 Å². The van der Waals surface area contributed by atoms with Gasteiger partial charge in [0.25, 0.3) is 11.8 Å². The normalized spacial score (nSPS) is 11.0. The standard InChI is InChI=1S/C34H32FN3O4S/c1-2-3-21-42-28-17-13-26(14-18-28)36-32(39)23-43-29-19-15-27(16-20-29)37-34(41)31(22-25-11-7-8-12-30(25)35)38-33(40)24-9-5-4-6-10-24/h4-20,22H,2-3,21,23H2,1H3,(H,36,39)(H,37,41)(H,38,40)/b31-22-. The highest BCUT2D eigenvalue weighted by Gasteiger charge is 2.16. The van der Waals surface area contributed by atoms with E-state index in [1.165, 1.54) is 30.0 Å². The van der Waals surface area contributed by atoms with Crippen molar-refractivity contribution in [3.8, 4) is 5.75 Å². The van der Waals surface area contributed by atoms with Gasteiger partial charge < -0.3 is 20.7 Å². The van der Waals surface area contributed by atoms with Crippen LogP contribution in [0.2, 0.25) is 0 Å². The molecule has 3 amide bonds. The van der Waals surface area contributed by atoms with E-state index >= 15 is 0 Å². The Hall–Kier alpha value is -4.89. The first-order chi connectivity index (χ1) is 20.9. The van der Waals surface area contributed by atoms with E-state index in [0.717, 1.165) is 23.5 Å². The molecule has 3 N–H and O–H groups in total. The van der Waals surface area contributed by atoms with Gasteiger partial charge in [0, 0.05) is 27.4 Å². The first kappa shape index (κ1) is 31.1. The molecule has 0 atom stereocenters. The lowest BCUT2D eigenvalue weighted by Crippen LogP contribution is -2.30. The molecule has 4 aromatic carbocycles. The number of hydrogen-bond acceptors (Lipinski definition) is 5. The maximum Gasteiger partial charge on any atom is 0.272 e. The predicted octanol–water partition coefficient (Wildman–Crippen LogP) is 7.15. The number of hydrogen-bond donors (Lipinski definition) is 3. The van der Waals surface area contributed by atoms with Gasteiger partial charge in [-0.2, -0.15) is 0 Å². The van der Waals surface area contributed by atoms with E-state index < -0.39 is 17.6 Å². The van der Waals surface area contributed by atoms with E-state index in [9.17, 15) is 18.8 Å². The molecule has 0 spiro atoms. The summed E-state index contributed by atoms with van der Waals surface area (Å²) in [6.07, 6.45) is 3.35. The van der Waals surface area contributed by atoms with Crippen molar-refractivity contribution in [3.63, 3.8) is 0 Å². The number of halogens is 1. The van der Waals surface area contributed by atoms with Crippen molar-refractivity contribution >= 4 is 46.9 Å². The summed E-state index contributed by atoms with van der Waals surface area (Å²) in [7, 11) is 0. The predicted molar refractivity (Wildman–Crippen MR) is 170 cm³/mol. The number of amides is 3. The second-order valence-electron chi connectivity index (χ2n) is 9.44. The first-order valence-electron chi connectivity index (χ1n) is 13.8. The molecule has 43 heavy (non-hydrogen) atoms. The number of carbonyl (C=O) groups excluding carboxylic acids is 3. The fraction of sp³-hybridized carbons (Fsp3) is 0.147. The summed E-state index contributed by atoms with van der Waals surface area (Å²) in [4.78, 5) is 39.2. The Morgan fingerprint density at radius 2 is 1.47 bits per heavy atom. The minimum atomic E-state index is -0.617. The number of ether oxygens (including phenoxy) is 1. The molecule has 0 unspecified atom stereocenters. The average molecular weight is 598 g/mol. The number of anilines is 2. The van der Waals surface area contributed by atoms with E-state index in [0.29, 0.717) is 23.5 Å². The summed E-state index contributed by atoms with van der Waals surface area (Å²) < 4.78 is 20.0. The minimum Gasteiger partial charge on any atom is -0.494 e. The summed E-state index contributed by atoms with van der Waals surface area (Å²) in [6, 6.07) is 28.6. The van der Waals surface area contributed by atoms with E-state index in [4.69, 9.17) is 4.74 Å². The minimum absolute atomic E-state index is 0.116. The maximum absolute atomic E-state index is 14.3. The van der Waals surface area contributed by atoms with Crippen LogP contribution in [0.25, 0.3) is 6.08 Å². The summed E-state index contributed by atoms with van der Waals surface area (Å²) >= 11 is 1.35. The Morgan fingerprint density at radius 1 is 0.814 bits per heavy atom. The van der Waals surface area contributed by atoms with Crippen LogP contribution >= 0.6 is 11.8 Å². The van der Waals surface area contributed by atoms with Crippen LogP contribution in [0.4, 0.5) is 15.8 Å². The monoisotopic (exact) mass is 597 g/mol. The largest absolute Gasteiger partial charge is 0.494 e. The summed E-state index contributed by atoms with van der Waals surface area (Å²) in [5, 5.41) is 8.20. The van der Waals surface area contributed by atoms with Gasteiger partial charge in [-0.3, -0.25) is 14.4 Å². The summed E-state index contributed by atoms with van der Waals surface area (Å²) in [5.41, 5.74) is 1.55. The molecule has 7 nitrogen and oxygen atoms in total. The van der Waals surface area contributed by atoms with Gasteiger partial charge in [-0.15, -0.1) is 11.8 Å². The Balaban J connectivity index is 1.34. The van der Waals surface area contributed by atoms with Crippen molar-refractivity contribution in [1.82, 2.24) is 5.32 Å². The fourth-order valence-electron chi connectivity index (χ4n) is 3.84. The zero-order chi connectivity index (χ0) is 30.4. The number of rotatable bonds is 13. The van der Waals surface area contributed by atoms with Crippen molar-refractivity contribution < 1.29 is 23.5 Å². The molecule has 9 heteroatoms. The van der Waals surface area contributed by atoms with Crippen LogP contribution in [0, 0.1) is 5.82 Å². The summed E-state index contributed by atoms with van der Waals surface area (Å²) in [6.45, 7) is 2.77. The molecule has 4 rings (SSSR count). The smallest absolute Gasteiger partial charge is 0.272 e. The van der Waals surface area contributed by atoms with E-state index in [2.05, 4.69) is 22.9 Å². The molecule has 0 saturated heterocycles. The molecule has 0 aromatic heterocycles. The fourth-order valence-corrected chi connectivity index (χ4v) is 4.54. The number of thioether (sulfide) groups is 1. The van der Waals surface area contributed by atoms with Gasteiger partial charge in [0.1, 0.15) is 17.3 Å². The van der Waals surface area contributed by atoms with Gasteiger partial charge in [-0.05, 0) is 79.2 Å². The van der Waals surface area contributed by atoms with Gasteiger partial charge in [0.2, 0.25) is 5.91 Å². The van der Waals surface area contributed by atoms with Crippen molar-refractivity contribution in [1.29, 1.82) is 0 Å². The van der Waals surface area contributed by atoms with Gasteiger partial charge in [0.05, 0.1) is 12.4 Å². The van der Waals surface area contributed by atoms with Crippen molar-refractivity contribution in [2.45, 2.75) is 24.7 Å². The molecule has 220 valence electrons. The van der Waals surface area contributed by atoms with Crippen LogP contribution < -0.4 is 20.7 Å². The van der Waals surface area contributed by atoms with E-state index in [1.807, 2.05) is 12.1 Å². The highest BCUT2D eigenvalue weighted by atomic mass is 32.2. The zero-order valence-corrected chi connectivity index (χ0v) is 24.5. The molecular formula is C34H32FN3O4S. The topological polar surface area (TPSA) is 96.5 Å². The molecular weight excluding hydrogens is 565 g/mol. The van der Waals surface area contributed by atoms with Crippen LogP contribution in [0.5, 0.6) is 5.75 Å². The lowest BCUT2D eigenvalue weighted by molar-refractivity contribution is -0.114. The second-order valence-corrected chi connectivity index (χ2v) is 10.5. The SMILES string of the molecule is CCCCOc1ccc(NC(=O)CSc2ccc(NC(=O)/C(=C/c3ccccc3F)NC(=O)c3ccccc3)cc2)cc1. The van der Waals surface area contributed by atoms with Gasteiger partial charge in [-0.25, -0.2) is 4.39 Å². The number of unbranched alkanes of at least 4 members (excludes halogenated alkanes) is 1. The molecule has 0 fully saturated rings. The van der Waals surface area contributed by atoms with Gasteiger partial charge >= 0.3 is 0 Å². The Bertz CT molecular complexity index is 1560.